The first kappa shape index (κ1) is 21.5. The molecule has 1 saturated heterocycles. The summed E-state index contributed by atoms with van der Waals surface area (Å²) in [6, 6.07) is 11.4. The quantitative estimate of drug-likeness (QED) is 0.400. The van der Waals surface area contributed by atoms with Gasteiger partial charge in [-0.05, 0) is 36.4 Å². The van der Waals surface area contributed by atoms with Crippen LogP contribution in [0.3, 0.4) is 0 Å². The molecule has 0 radical (unpaired) electrons. The van der Waals surface area contributed by atoms with E-state index in [2.05, 4.69) is 14.9 Å². The molecule has 3 heterocycles. The third-order valence-corrected chi connectivity index (χ3v) is 7.03. The average molecular weight is 457 g/mol. The summed E-state index contributed by atoms with van der Waals surface area (Å²) in [7, 11) is 0. The lowest BCUT2D eigenvalue weighted by Gasteiger charge is -2.35. The first-order valence-corrected chi connectivity index (χ1v) is 11.7. The Hall–Kier alpha value is -2.78. The van der Waals surface area contributed by atoms with Crippen LogP contribution >= 0.6 is 23.1 Å². The highest BCUT2D eigenvalue weighted by Crippen LogP contribution is 2.24. The molecular weight excluding hydrogens is 435 g/mol. The van der Waals surface area contributed by atoms with E-state index in [4.69, 9.17) is 0 Å². The zero-order valence-corrected chi connectivity index (χ0v) is 18.4. The van der Waals surface area contributed by atoms with E-state index in [1.54, 1.807) is 6.20 Å². The van der Waals surface area contributed by atoms with Crippen molar-refractivity contribution in [3.05, 3.63) is 71.1 Å². The SMILES string of the molecule is O=C(CSc1nc(CC(=O)N2CCN(c3ccccn3)CC2)cs1)c1ccc(F)cc1. The molecule has 0 atom stereocenters. The van der Waals surface area contributed by atoms with Gasteiger partial charge in [-0.1, -0.05) is 17.8 Å². The van der Waals surface area contributed by atoms with Crippen molar-refractivity contribution in [3.63, 3.8) is 0 Å². The topological polar surface area (TPSA) is 66.4 Å². The molecule has 0 spiro atoms. The lowest BCUT2D eigenvalue weighted by Crippen LogP contribution is -2.49. The molecule has 2 aromatic heterocycles. The van der Waals surface area contributed by atoms with Crippen LogP contribution in [-0.2, 0) is 11.2 Å². The Balaban J connectivity index is 1.24. The second-order valence-corrected chi connectivity index (χ2v) is 9.14. The third kappa shape index (κ3) is 5.68. The largest absolute Gasteiger partial charge is 0.353 e. The van der Waals surface area contributed by atoms with Crippen LogP contribution in [0.15, 0.2) is 58.4 Å². The van der Waals surface area contributed by atoms with Crippen molar-refractivity contribution in [3.8, 4) is 0 Å². The predicted molar refractivity (Wildman–Crippen MR) is 120 cm³/mol. The minimum Gasteiger partial charge on any atom is -0.353 e. The van der Waals surface area contributed by atoms with E-state index in [1.165, 1.54) is 47.4 Å². The summed E-state index contributed by atoms with van der Waals surface area (Å²) in [6.45, 7) is 2.83. The molecule has 1 aliphatic rings. The van der Waals surface area contributed by atoms with E-state index in [1.807, 2.05) is 28.5 Å². The van der Waals surface area contributed by atoms with E-state index < -0.39 is 0 Å². The first-order chi connectivity index (χ1) is 15.1. The Morgan fingerprint density at radius 2 is 1.84 bits per heavy atom. The number of carbonyl (C=O) groups excluding carboxylic acids is 2. The van der Waals surface area contributed by atoms with Gasteiger partial charge in [0.05, 0.1) is 17.9 Å². The maximum absolute atomic E-state index is 13.0. The summed E-state index contributed by atoms with van der Waals surface area (Å²) in [6.07, 6.45) is 2.03. The van der Waals surface area contributed by atoms with Crippen LogP contribution in [0, 0.1) is 5.82 Å². The average Bonchev–Trinajstić information content (AvgIpc) is 3.26. The Bertz CT molecular complexity index is 1040. The number of piperazine rings is 1. The molecule has 4 rings (SSSR count). The number of anilines is 1. The number of amides is 1. The summed E-state index contributed by atoms with van der Waals surface area (Å²) >= 11 is 2.76. The zero-order chi connectivity index (χ0) is 21.6. The lowest BCUT2D eigenvalue weighted by atomic mass is 10.1. The fourth-order valence-corrected chi connectivity index (χ4v) is 5.01. The van der Waals surface area contributed by atoms with E-state index >= 15 is 0 Å². The number of benzene rings is 1. The van der Waals surface area contributed by atoms with Gasteiger partial charge in [-0.25, -0.2) is 14.4 Å². The molecule has 0 saturated carbocycles. The molecule has 3 aromatic rings. The number of aromatic nitrogens is 2. The van der Waals surface area contributed by atoms with Gasteiger partial charge in [0.2, 0.25) is 5.91 Å². The van der Waals surface area contributed by atoms with Gasteiger partial charge >= 0.3 is 0 Å². The van der Waals surface area contributed by atoms with E-state index in [9.17, 15) is 14.0 Å². The van der Waals surface area contributed by atoms with Crippen LogP contribution in [0.4, 0.5) is 10.2 Å². The second kappa shape index (κ2) is 10.0. The summed E-state index contributed by atoms with van der Waals surface area (Å²) < 4.78 is 13.7. The van der Waals surface area contributed by atoms with Crippen molar-refractivity contribution in [2.45, 2.75) is 10.8 Å². The van der Waals surface area contributed by atoms with Crippen LogP contribution in [0.1, 0.15) is 16.1 Å². The van der Waals surface area contributed by atoms with Crippen molar-refractivity contribution in [1.82, 2.24) is 14.9 Å². The Kier molecular flexibility index (Phi) is 6.93. The number of thioether (sulfide) groups is 1. The van der Waals surface area contributed by atoms with Crippen LogP contribution in [0.25, 0.3) is 0 Å². The predicted octanol–water partition coefficient (Wildman–Crippen LogP) is 3.54. The molecule has 1 amide bonds. The molecule has 0 aliphatic carbocycles. The van der Waals surface area contributed by atoms with Crippen LogP contribution in [0.5, 0.6) is 0 Å². The minimum atomic E-state index is -0.364. The number of pyridine rings is 1. The summed E-state index contributed by atoms with van der Waals surface area (Å²) in [5.74, 6) is 0.776. The van der Waals surface area contributed by atoms with Gasteiger partial charge in [-0.15, -0.1) is 11.3 Å². The lowest BCUT2D eigenvalue weighted by molar-refractivity contribution is -0.130. The summed E-state index contributed by atoms with van der Waals surface area (Å²) in [5, 5.41) is 1.87. The Morgan fingerprint density at radius 3 is 2.55 bits per heavy atom. The number of hydrogen-bond acceptors (Lipinski definition) is 7. The molecular formula is C22H21FN4O2S2. The minimum absolute atomic E-state index is 0.0601. The number of ketones is 1. The molecule has 31 heavy (non-hydrogen) atoms. The van der Waals surface area contributed by atoms with Crippen LogP contribution < -0.4 is 4.90 Å². The molecule has 0 N–H and O–H groups in total. The molecule has 9 heteroatoms. The van der Waals surface area contributed by atoms with Gasteiger partial charge in [0, 0.05) is 43.3 Å². The van der Waals surface area contributed by atoms with Gasteiger partial charge in [-0.2, -0.15) is 0 Å². The molecule has 160 valence electrons. The third-order valence-electron chi connectivity index (χ3n) is 4.96. The normalized spacial score (nSPS) is 14.0. The highest BCUT2D eigenvalue weighted by atomic mass is 32.2. The fraction of sp³-hybridized carbons (Fsp3) is 0.273. The molecule has 0 bridgehead atoms. The second-order valence-electron chi connectivity index (χ2n) is 7.06. The van der Waals surface area contributed by atoms with Gasteiger partial charge < -0.3 is 9.80 Å². The van der Waals surface area contributed by atoms with Crippen molar-refractivity contribution in [2.75, 3.05) is 36.8 Å². The Labute approximate surface area is 188 Å². The highest BCUT2D eigenvalue weighted by molar-refractivity contribution is 8.01. The monoisotopic (exact) mass is 456 g/mol. The van der Waals surface area contributed by atoms with E-state index in [-0.39, 0.29) is 29.7 Å². The van der Waals surface area contributed by atoms with E-state index in [0.717, 1.165) is 28.9 Å². The molecule has 6 nitrogen and oxygen atoms in total. The number of thiazole rings is 1. The van der Waals surface area contributed by atoms with E-state index in [0.29, 0.717) is 18.7 Å². The van der Waals surface area contributed by atoms with Gasteiger partial charge in [0.1, 0.15) is 11.6 Å². The number of Topliss-reactive ketones (excluding diaryl/α,β-unsaturated/α-hetero) is 1. The number of rotatable bonds is 7. The first-order valence-electron chi connectivity index (χ1n) is 9.88. The van der Waals surface area contributed by atoms with Gasteiger partial charge in [0.25, 0.3) is 0 Å². The molecule has 0 unspecified atom stereocenters. The van der Waals surface area contributed by atoms with Gasteiger partial charge in [0.15, 0.2) is 10.1 Å². The van der Waals surface area contributed by atoms with Crippen LogP contribution in [0.2, 0.25) is 0 Å². The Morgan fingerprint density at radius 1 is 1.06 bits per heavy atom. The number of hydrogen-bond donors (Lipinski definition) is 0. The van der Waals surface area contributed by atoms with Gasteiger partial charge in [-0.3, -0.25) is 9.59 Å². The summed E-state index contributed by atoms with van der Waals surface area (Å²) in [4.78, 5) is 37.8. The summed E-state index contributed by atoms with van der Waals surface area (Å²) in [5.41, 5.74) is 1.20. The highest BCUT2D eigenvalue weighted by Gasteiger charge is 2.22. The van der Waals surface area contributed by atoms with Crippen molar-refractivity contribution in [2.24, 2.45) is 0 Å². The number of nitrogens with zero attached hydrogens (tertiary/aromatic N) is 4. The molecule has 1 aliphatic heterocycles. The fourth-order valence-electron chi connectivity index (χ4n) is 3.27. The van der Waals surface area contributed by atoms with Crippen molar-refractivity contribution < 1.29 is 14.0 Å². The maximum Gasteiger partial charge on any atom is 0.228 e. The smallest absolute Gasteiger partial charge is 0.228 e. The van der Waals surface area contributed by atoms with Crippen molar-refractivity contribution >= 4 is 40.6 Å². The number of halogens is 1. The molecule has 1 fully saturated rings. The van der Waals surface area contributed by atoms with Crippen molar-refractivity contribution in [1.29, 1.82) is 0 Å². The van der Waals surface area contributed by atoms with Crippen LogP contribution in [-0.4, -0.2) is 58.5 Å². The molecule has 1 aromatic carbocycles. The maximum atomic E-state index is 13.0. The number of carbonyl (C=O) groups is 2. The zero-order valence-electron chi connectivity index (χ0n) is 16.7. The standard InChI is InChI=1S/C22H21FN4O2S2/c23-17-6-4-16(5-7-17)19(28)15-31-22-25-18(14-30-22)13-21(29)27-11-9-26(10-12-27)20-3-1-2-8-24-20/h1-8,14H,9-13,15H2.